The Hall–Kier alpha value is -2.83. The van der Waals surface area contributed by atoms with Gasteiger partial charge in [0.2, 0.25) is 21.9 Å². The number of sulfonamides is 1. The van der Waals surface area contributed by atoms with Crippen LogP contribution in [0.4, 0.5) is 30.8 Å². The van der Waals surface area contributed by atoms with E-state index in [9.17, 15) is 21.6 Å². The molecule has 0 bridgehead atoms. The Balaban J connectivity index is 2.00. The summed E-state index contributed by atoms with van der Waals surface area (Å²) >= 11 is 6.23. The summed E-state index contributed by atoms with van der Waals surface area (Å²) in [6.45, 7) is 1.66. The van der Waals surface area contributed by atoms with Crippen molar-refractivity contribution in [1.29, 1.82) is 0 Å². The molecule has 0 saturated heterocycles. The zero-order valence-electron chi connectivity index (χ0n) is 16.0. The normalized spacial score (nSPS) is 13.2. The molecular weight excluding hydrogens is 457 g/mol. The van der Waals surface area contributed by atoms with E-state index in [1.165, 1.54) is 18.2 Å². The summed E-state index contributed by atoms with van der Waals surface area (Å²) in [7, 11) is -3.69. The number of nitrogen functional groups attached to an aromatic ring is 1. The predicted octanol–water partition coefficient (Wildman–Crippen LogP) is 3.86. The first kappa shape index (κ1) is 22.8. The lowest BCUT2D eigenvalue weighted by atomic mass is 9.95. The van der Waals surface area contributed by atoms with Gasteiger partial charge in [0.25, 0.3) is 0 Å². The summed E-state index contributed by atoms with van der Waals surface area (Å²) in [4.78, 5) is 3.78. The highest BCUT2D eigenvalue weighted by Crippen LogP contribution is 2.43. The number of primary sulfonamides is 1. The van der Waals surface area contributed by atoms with Crippen LogP contribution in [0.1, 0.15) is 24.0 Å². The first-order valence-electron chi connectivity index (χ1n) is 8.80. The fraction of sp³-hybridized carbons (Fsp3) is 0.222. The fourth-order valence-corrected chi connectivity index (χ4v) is 4.30. The zero-order chi connectivity index (χ0) is 23.0. The van der Waals surface area contributed by atoms with Crippen LogP contribution in [0.3, 0.4) is 0 Å². The number of benzene rings is 2. The molecule has 8 nitrogen and oxygen atoms in total. The standard InChI is InChI=1S/C18H18ClF3N6O2S/c1-9(8-31(24,29)30)10-2-4-11(5-3-10)15-13(18(20,21)22)6-12(7-14(15)19)25-17-26-16(23)27-28-17/h2-7,9H,8H2,1H3,(H2,24,29,30)(H4,23,25,26,27,28)/t9-/m0/s1. The van der Waals surface area contributed by atoms with E-state index in [0.717, 1.165) is 6.07 Å². The number of rotatable bonds is 6. The Labute approximate surface area is 180 Å². The van der Waals surface area contributed by atoms with E-state index in [1.54, 1.807) is 19.1 Å². The van der Waals surface area contributed by atoms with E-state index in [2.05, 4.69) is 20.5 Å². The Kier molecular flexibility index (Phi) is 6.16. The molecule has 3 rings (SSSR count). The SMILES string of the molecule is C[C@@H](CS(N)(=O)=O)c1ccc(-c2c(Cl)cc(Nc3n[nH]c(N)n3)cc2C(F)(F)F)cc1. The summed E-state index contributed by atoms with van der Waals surface area (Å²) < 4.78 is 64.0. The number of H-pyrrole nitrogens is 1. The Bertz CT molecular complexity index is 1200. The van der Waals surface area contributed by atoms with E-state index in [4.69, 9.17) is 22.5 Å². The molecule has 13 heteroatoms. The number of hydrogen-bond acceptors (Lipinski definition) is 6. The zero-order valence-corrected chi connectivity index (χ0v) is 17.6. The van der Waals surface area contributed by atoms with Crippen molar-refractivity contribution in [3.05, 3.63) is 52.5 Å². The molecule has 0 amide bonds. The highest BCUT2D eigenvalue weighted by molar-refractivity contribution is 7.89. The third-order valence-corrected chi connectivity index (χ3v) is 5.67. The lowest BCUT2D eigenvalue weighted by molar-refractivity contribution is -0.137. The second-order valence-corrected chi connectivity index (χ2v) is 8.97. The largest absolute Gasteiger partial charge is 0.417 e. The lowest BCUT2D eigenvalue weighted by Crippen LogP contribution is -2.20. The van der Waals surface area contributed by atoms with Crippen LogP contribution >= 0.6 is 11.6 Å². The van der Waals surface area contributed by atoms with Crippen molar-refractivity contribution in [2.75, 3.05) is 16.8 Å². The number of hydrogen-bond donors (Lipinski definition) is 4. The number of nitrogens with one attached hydrogen (secondary N) is 2. The van der Waals surface area contributed by atoms with Gasteiger partial charge in [-0.1, -0.05) is 42.8 Å². The van der Waals surface area contributed by atoms with Crippen LogP contribution in [0.5, 0.6) is 0 Å². The van der Waals surface area contributed by atoms with Gasteiger partial charge < -0.3 is 11.1 Å². The molecule has 1 aromatic heterocycles. The van der Waals surface area contributed by atoms with E-state index in [0.29, 0.717) is 5.56 Å². The van der Waals surface area contributed by atoms with E-state index in [1.807, 2.05) is 0 Å². The number of nitrogens with zero attached hydrogens (tertiary/aromatic N) is 2. The second kappa shape index (κ2) is 8.36. The number of aromatic nitrogens is 3. The fourth-order valence-electron chi connectivity index (χ4n) is 3.08. The van der Waals surface area contributed by atoms with Gasteiger partial charge in [-0.05, 0) is 29.2 Å². The van der Waals surface area contributed by atoms with Crippen LogP contribution in [0.25, 0.3) is 11.1 Å². The summed E-state index contributed by atoms with van der Waals surface area (Å²) in [6.07, 6.45) is -4.70. The van der Waals surface area contributed by atoms with Crippen molar-refractivity contribution >= 4 is 39.2 Å². The quantitative estimate of drug-likeness (QED) is 0.427. The second-order valence-electron chi connectivity index (χ2n) is 6.90. The lowest BCUT2D eigenvalue weighted by Gasteiger charge is -2.18. The van der Waals surface area contributed by atoms with Crippen molar-refractivity contribution in [3.63, 3.8) is 0 Å². The molecule has 0 aliphatic carbocycles. The Morgan fingerprint density at radius 2 is 1.87 bits per heavy atom. The van der Waals surface area contributed by atoms with Crippen molar-refractivity contribution < 1.29 is 21.6 Å². The highest BCUT2D eigenvalue weighted by atomic mass is 35.5. The van der Waals surface area contributed by atoms with Crippen molar-refractivity contribution in [1.82, 2.24) is 15.2 Å². The van der Waals surface area contributed by atoms with Gasteiger partial charge in [0.15, 0.2) is 0 Å². The highest BCUT2D eigenvalue weighted by Gasteiger charge is 2.35. The molecule has 1 heterocycles. The molecule has 0 radical (unpaired) electrons. The maximum Gasteiger partial charge on any atom is 0.417 e. The van der Waals surface area contributed by atoms with Crippen LogP contribution in [0.15, 0.2) is 36.4 Å². The molecule has 0 saturated carbocycles. The number of alkyl halides is 3. The van der Waals surface area contributed by atoms with Gasteiger partial charge in [0, 0.05) is 11.3 Å². The van der Waals surface area contributed by atoms with E-state index in [-0.39, 0.29) is 39.5 Å². The van der Waals surface area contributed by atoms with E-state index < -0.39 is 27.7 Å². The average molecular weight is 475 g/mol. The summed E-state index contributed by atoms with van der Waals surface area (Å²) in [5.41, 5.74) is 5.10. The summed E-state index contributed by atoms with van der Waals surface area (Å²) in [6, 6.07) is 8.21. The Morgan fingerprint density at radius 1 is 1.23 bits per heavy atom. The van der Waals surface area contributed by atoms with Gasteiger partial charge in [0.1, 0.15) is 0 Å². The van der Waals surface area contributed by atoms with Crippen molar-refractivity contribution in [2.24, 2.45) is 5.14 Å². The molecule has 0 aliphatic heterocycles. The number of anilines is 3. The minimum atomic E-state index is -4.70. The molecule has 2 aromatic carbocycles. The monoisotopic (exact) mass is 474 g/mol. The first-order chi connectivity index (χ1) is 14.3. The molecular formula is C18H18ClF3N6O2S. The molecule has 0 aliphatic rings. The van der Waals surface area contributed by atoms with Crippen LogP contribution in [0, 0.1) is 0 Å². The molecule has 3 aromatic rings. The minimum absolute atomic E-state index is 0.00184. The smallest absolute Gasteiger partial charge is 0.368 e. The molecule has 0 spiro atoms. The van der Waals surface area contributed by atoms with Gasteiger partial charge in [-0.15, -0.1) is 5.10 Å². The summed E-state index contributed by atoms with van der Waals surface area (Å²) in [5, 5.41) is 13.6. The van der Waals surface area contributed by atoms with Crippen LogP contribution in [0.2, 0.25) is 5.02 Å². The number of aromatic amines is 1. The molecule has 6 N–H and O–H groups in total. The molecule has 1 atom stereocenters. The number of nitrogens with two attached hydrogens (primary N) is 2. The van der Waals surface area contributed by atoms with Crippen molar-refractivity contribution in [3.8, 4) is 11.1 Å². The van der Waals surface area contributed by atoms with Gasteiger partial charge in [0.05, 0.1) is 16.3 Å². The topological polar surface area (TPSA) is 140 Å². The molecule has 0 fully saturated rings. The molecule has 31 heavy (non-hydrogen) atoms. The minimum Gasteiger partial charge on any atom is -0.368 e. The van der Waals surface area contributed by atoms with Crippen LogP contribution < -0.4 is 16.2 Å². The Morgan fingerprint density at radius 3 is 2.39 bits per heavy atom. The van der Waals surface area contributed by atoms with E-state index >= 15 is 0 Å². The van der Waals surface area contributed by atoms with Gasteiger partial charge in [-0.25, -0.2) is 18.7 Å². The van der Waals surface area contributed by atoms with Gasteiger partial charge in [-0.2, -0.15) is 18.2 Å². The van der Waals surface area contributed by atoms with Crippen LogP contribution in [-0.4, -0.2) is 29.4 Å². The first-order valence-corrected chi connectivity index (χ1v) is 10.9. The predicted molar refractivity (Wildman–Crippen MR) is 112 cm³/mol. The van der Waals surface area contributed by atoms with Gasteiger partial charge in [-0.3, -0.25) is 0 Å². The third-order valence-electron chi connectivity index (χ3n) is 4.41. The average Bonchev–Trinajstić information content (AvgIpc) is 3.04. The van der Waals surface area contributed by atoms with Crippen molar-refractivity contribution in [2.45, 2.75) is 19.0 Å². The maximum absolute atomic E-state index is 13.8. The molecule has 166 valence electrons. The number of halogens is 4. The van der Waals surface area contributed by atoms with Crippen LogP contribution in [-0.2, 0) is 16.2 Å². The summed E-state index contributed by atoms with van der Waals surface area (Å²) in [5.74, 6) is -0.727. The third kappa shape index (κ3) is 5.66. The van der Waals surface area contributed by atoms with Gasteiger partial charge >= 0.3 is 6.18 Å². The molecule has 0 unspecified atom stereocenters. The maximum atomic E-state index is 13.8.